The van der Waals surface area contributed by atoms with Gasteiger partial charge in [0.25, 0.3) is 10.0 Å². The summed E-state index contributed by atoms with van der Waals surface area (Å²) in [5.74, 6) is -0.738. The lowest BCUT2D eigenvalue weighted by Gasteiger charge is -2.21. The largest absolute Gasteiger partial charge is 0.464 e. The number of para-hydroxylation sites is 1. The number of nitrogens with one attached hydrogen (secondary N) is 1. The highest BCUT2D eigenvalue weighted by Gasteiger charge is 2.24. The standard InChI is InChI=1S/C25H28N6O4S/c1-7-36(33,34)30-20-14(2)11-17(12-15(20)3)28-24-23(25(32)35-6)29-21(16(4)27-24)18-9-8-10-19-22(18)26-13-31(19)5/h8-14H,7H2,1-6H3,(H,27,28). The first kappa shape index (κ1) is 25.2. The Morgan fingerprint density at radius 3 is 2.67 bits per heavy atom. The molecule has 36 heavy (non-hydrogen) atoms. The molecule has 0 saturated carbocycles. The Balaban J connectivity index is 1.77. The maximum absolute atomic E-state index is 12.7. The predicted octanol–water partition coefficient (Wildman–Crippen LogP) is 3.81. The van der Waals surface area contributed by atoms with E-state index in [1.54, 1.807) is 26.3 Å². The minimum Gasteiger partial charge on any atom is -0.464 e. The highest BCUT2D eigenvalue weighted by Crippen LogP contribution is 2.31. The molecule has 2 aromatic heterocycles. The highest BCUT2D eigenvalue weighted by atomic mass is 32.2. The molecule has 0 spiro atoms. The van der Waals surface area contributed by atoms with Crippen LogP contribution in [-0.4, -0.2) is 52.5 Å². The Kier molecular flexibility index (Phi) is 6.77. The zero-order valence-corrected chi connectivity index (χ0v) is 21.8. The number of sulfonamides is 1. The zero-order valence-electron chi connectivity index (χ0n) is 21.0. The van der Waals surface area contributed by atoms with Crippen LogP contribution < -0.4 is 5.32 Å². The van der Waals surface area contributed by atoms with Crippen molar-refractivity contribution in [3.8, 4) is 11.3 Å². The number of fused-ring (bicyclic) bond motifs is 1. The van der Waals surface area contributed by atoms with Crippen molar-refractivity contribution in [1.29, 1.82) is 0 Å². The summed E-state index contributed by atoms with van der Waals surface area (Å²) >= 11 is 0. The minimum absolute atomic E-state index is 0.0265. The molecule has 3 aromatic rings. The fourth-order valence-corrected chi connectivity index (χ4v) is 4.84. The molecular formula is C25H28N6O4S. The minimum atomic E-state index is -3.53. The van der Waals surface area contributed by atoms with E-state index in [0.29, 0.717) is 28.4 Å². The molecule has 0 aliphatic heterocycles. The van der Waals surface area contributed by atoms with E-state index in [9.17, 15) is 13.2 Å². The number of anilines is 1. The molecule has 0 amide bonds. The van der Waals surface area contributed by atoms with Gasteiger partial charge < -0.3 is 14.6 Å². The van der Waals surface area contributed by atoms with Crippen LogP contribution in [-0.2, 0) is 21.8 Å². The number of benzene rings is 1. The molecule has 4 rings (SSSR count). The number of esters is 1. The Bertz CT molecular complexity index is 1570. The number of ether oxygens (including phenoxy) is 1. The van der Waals surface area contributed by atoms with Gasteiger partial charge in [0.2, 0.25) is 0 Å². The van der Waals surface area contributed by atoms with Gasteiger partial charge in [-0.05, 0) is 38.5 Å². The van der Waals surface area contributed by atoms with Crippen LogP contribution in [0.2, 0.25) is 0 Å². The van der Waals surface area contributed by atoms with Gasteiger partial charge in [0, 0.05) is 24.2 Å². The Labute approximate surface area is 209 Å². The Morgan fingerprint density at radius 2 is 2.00 bits per heavy atom. The molecule has 188 valence electrons. The van der Waals surface area contributed by atoms with Gasteiger partial charge in [0.1, 0.15) is 0 Å². The third-order valence-corrected chi connectivity index (χ3v) is 7.17. The third-order valence-electron chi connectivity index (χ3n) is 5.96. The molecule has 11 heteroatoms. The van der Waals surface area contributed by atoms with Gasteiger partial charge in [-0.1, -0.05) is 25.1 Å². The van der Waals surface area contributed by atoms with E-state index < -0.39 is 16.0 Å². The van der Waals surface area contributed by atoms with Crippen molar-refractivity contribution in [2.24, 2.45) is 17.4 Å². The average Bonchev–Trinajstić information content (AvgIpc) is 3.22. The van der Waals surface area contributed by atoms with Crippen LogP contribution in [0.4, 0.5) is 5.82 Å². The second-order valence-corrected chi connectivity index (χ2v) is 10.5. The fraction of sp³-hybridized carbons (Fsp3) is 0.320. The fourth-order valence-electron chi connectivity index (χ4n) is 4.10. The summed E-state index contributed by atoms with van der Waals surface area (Å²) in [5, 5.41) is 3.17. The summed E-state index contributed by atoms with van der Waals surface area (Å²) in [4.78, 5) is 26.5. The quantitative estimate of drug-likeness (QED) is 0.498. The summed E-state index contributed by atoms with van der Waals surface area (Å²) in [6, 6.07) is 5.76. The van der Waals surface area contributed by atoms with Crippen LogP contribution in [0.15, 0.2) is 52.3 Å². The van der Waals surface area contributed by atoms with E-state index in [1.165, 1.54) is 7.11 Å². The number of aryl methyl sites for hydroxylation is 2. The third kappa shape index (κ3) is 4.78. The molecule has 1 aliphatic rings. The van der Waals surface area contributed by atoms with E-state index >= 15 is 0 Å². The van der Waals surface area contributed by atoms with Crippen molar-refractivity contribution < 1.29 is 17.9 Å². The van der Waals surface area contributed by atoms with Crippen molar-refractivity contribution in [3.05, 3.63) is 59.3 Å². The summed E-state index contributed by atoms with van der Waals surface area (Å²) in [5.41, 5.74) is 5.43. The number of carbonyl (C=O) groups is 1. The molecule has 1 aliphatic carbocycles. The van der Waals surface area contributed by atoms with E-state index in [0.717, 1.165) is 16.6 Å². The summed E-state index contributed by atoms with van der Waals surface area (Å²) in [6.07, 6.45) is 5.32. The first-order chi connectivity index (χ1) is 17.0. The van der Waals surface area contributed by atoms with Gasteiger partial charge in [0.05, 0.1) is 47.3 Å². The van der Waals surface area contributed by atoms with Crippen LogP contribution in [0.3, 0.4) is 0 Å². The van der Waals surface area contributed by atoms with Crippen molar-refractivity contribution >= 4 is 38.6 Å². The SMILES string of the molecule is CCS(=O)(=O)N=C1C(C)=CC(Nc2nc(C)c(-c3cccc4c3ncn4C)nc2C(=O)OC)=CC1C. The van der Waals surface area contributed by atoms with Gasteiger partial charge >= 0.3 is 5.97 Å². The summed E-state index contributed by atoms with van der Waals surface area (Å²) < 4.78 is 34.9. The number of nitrogens with zero attached hydrogens (tertiary/aromatic N) is 5. The average molecular weight is 509 g/mol. The molecule has 0 saturated heterocycles. The summed E-state index contributed by atoms with van der Waals surface area (Å²) in [6.45, 7) is 7.03. The van der Waals surface area contributed by atoms with Crippen LogP contribution >= 0.6 is 0 Å². The number of hydrogen-bond acceptors (Lipinski definition) is 8. The first-order valence-electron chi connectivity index (χ1n) is 11.4. The number of allylic oxidation sites excluding steroid dienone is 3. The van der Waals surface area contributed by atoms with Gasteiger partial charge in [-0.25, -0.2) is 28.2 Å². The lowest BCUT2D eigenvalue weighted by atomic mass is 9.93. The van der Waals surface area contributed by atoms with E-state index in [-0.39, 0.29) is 23.2 Å². The van der Waals surface area contributed by atoms with Crippen LogP contribution in [0.25, 0.3) is 22.3 Å². The van der Waals surface area contributed by atoms with E-state index in [2.05, 4.69) is 24.7 Å². The lowest BCUT2D eigenvalue weighted by Crippen LogP contribution is -2.21. The van der Waals surface area contributed by atoms with Gasteiger partial charge in [-0.15, -0.1) is 0 Å². The first-order valence-corrected chi connectivity index (χ1v) is 13.0. The molecule has 2 heterocycles. The molecule has 1 aromatic carbocycles. The maximum atomic E-state index is 12.7. The molecular weight excluding hydrogens is 480 g/mol. The predicted molar refractivity (Wildman–Crippen MR) is 139 cm³/mol. The second kappa shape index (κ2) is 9.65. The van der Waals surface area contributed by atoms with Gasteiger partial charge in [-0.2, -0.15) is 4.40 Å². The number of aromatic nitrogens is 4. The lowest BCUT2D eigenvalue weighted by molar-refractivity contribution is 0.0595. The molecule has 0 bridgehead atoms. The number of methoxy groups -OCH3 is 1. The smallest absolute Gasteiger partial charge is 0.360 e. The number of rotatable bonds is 6. The topological polar surface area (TPSA) is 128 Å². The number of imidazole rings is 1. The van der Waals surface area contributed by atoms with Crippen molar-refractivity contribution in [3.63, 3.8) is 0 Å². The second-order valence-electron chi connectivity index (χ2n) is 8.59. The van der Waals surface area contributed by atoms with Crippen LogP contribution in [0, 0.1) is 12.8 Å². The molecule has 0 radical (unpaired) electrons. The molecule has 0 fully saturated rings. The maximum Gasteiger partial charge on any atom is 0.360 e. The Hall–Kier alpha value is -3.86. The van der Waals surface area contributed by atoms with Gasteiger partial charge in [-0.3, -0.25) is 0 Å². The molecule has 1 unspecified atom stereocenters. The van der Waals surface area contributed by atoms with Crippen LogP contribution in [0.1, 0.15) is 37.0 Å². The normalized spacial score (nSPS) is 17.2. The van der Waals surface area contributed by atoms with Crippen molar-refractivity contribution in [2.45, 2.75) is 27.7 Å². The van der Waals surface area contributed by atoms with E-state index in [4.69, 9.17) is 4.74 Å². The number of carbonyl (C=O) groups excluding carboxylic acids is 1. The molecule has 10 nitrogen and oxygen atoms in total. The van der Waals surface area contributed by atoms with Crippen LogP contribution in [0.5, 0.6) is 0 Å². The van der Waals surface area contributed by atoms with Gasteiger partial charge in [0.15, 0.2) is 11.5 Å². The number of hydrogen-bond donors (Lipinski definition) is 1. The van der Waals surface area contributed by atoms with Crippen molar-refractivity contribution in [2.75, 3.05) is 18.2 Å². The summed E-state index contributed by atoms with van der Waals surface area (Å²) in [7, 11) is -0.329. The highest BCUT2D eigenvalue weighted by molar-refractivity contribution is 7.90. The monoisotopic (exact) mass is 508 g/mol. The Morgan fingerprint density at radius 1 is 1.25 bits per heavy atom. The molecule has 1 atom stereocenters. The van der Waals surface area contributed by atoms with E-state index in [1.807, 2.05) is 49.7 Å². The molecule has 1 N–H and O–H groups in total. The zero-order chi connectivity index (χ0) is 26.2. The van der Waals surface area contributed by atoms with Crippen molar-refractivity contribution in [1.82, 2.24) is 19.5 Å².